The number of ether oxygens (including phenoxy) is 1. The number of ketones is 1. The second kappa shape index (κ2) is 7.03. The number of aromatic hydroxyl groups is 1. The van der Waals surface area contributed by atoms with Crippen LogP contribution in [-0.4, -0.2) is 32.8 Å². The van der Waals surface area contributed by atoms with Gasteiger partial charge in [-0.1, -0.05) is 18.6 Å². The van der Waals surface area contributed by atoms with Crippen LogP contribution in [0.5, 0.6) is 5.75 Å². The summed E-state index contributed by atoms with van der Waals surface area (Å²) in [5.74, 6) is -0.0144. The molecule has 0 saturated heterocycles. The second-order valence-electron chi connectivity index (χ2n) is 7.94. The maximum Gasteiger partial charge on any atom is 0.290 e. The van der Waals surface area contributed by atoms with E-state index in [0.29, 0.717) is 12.1 Å². The zero-order valence-electron chi connectivity index (χ0n) is 16.0. The highest BCUT2D eigenvalue weighted by Gasteiger charge is 2.51. The average Bonchev–Trinajstić information content (AvgIpc) is 3.02. The lowest BCUT2D eigenvalue weighted by Crippen LogP contribution is -2.39. The topological polar surface area (TPSA) is 79.7 Å². The van der Waals surface area contributed by atoms with Crippen LogP contribution < -0.4 is 0 Å². The molecule has 0 bridgehead atoms. The standard InChI is InChI=1S/C23H22N2O4/c26-16-7-5-15(6-8-16)20-19-21(27)17-3-1-2-4-18(17)29-22(19)23(28)25(20)13-14-9-11-24-12-10-14/h5-12,17-18,20,26H,1-4,13H2. The Balaban J connectivity index is 1.58. The van der Waals surface area contributed by atoms with Gasteiger partial charge in [-0.3, -0.25) is 14.6 Å². The molecular formula is C23H22N2O4. The van der Waals surface area contributed by atoms with Gasteiger partial charge in [0.25, 0.3) is 5.91 Å². The van der Waals surface area contributed by atoms with E-state index in [2.05, 4.69) is 4.98 Å². The Bertz CT molecular complexity index is 984. The van der Waals surface area contributed by atoms with E-state index in [-0.39, 0.29) is 35.2 Å². The summed E-state index contributed by atoms with van der Waals surface area (Å²) in [6.45, 7) is 0.353. The molecule has 6 heteroatoms. The number of hydrogen-bond donors (Lipinski definition) is 1. The summed E-state index contributed by atoms with van der Waals surface area (Å²) in [5, 5.41) is 9.70. The molecule has 3 heterocycles. The fourth-order valence-corrected chi connectivity index (χ4v) is 4.74. The molecule has 1 aliphatic carbocycles. The number of hydrogen-bond acceptors (Lipinski definition) is 5. The van der Waals surface area contributed by atoms with Crippen LogP contribution in [0.3, 0.4) is 0 Å². The molecule has 2 aliphatic heterocycles. The van der Waals surface area contributed by atoms with Crippen LogP contribution in [0.2, 0.25) is 0 Å². The largest absolute Gasteiger partial charge is 0.508 e. The summed E-state index contributed by atoms with van der Waals surface area (Å²) in [6, 6.07) is 9.91. The lowest BCUT2D eigenvalue weighted by molar-refractivity contribution is -0.135. The molecule has 3 atom stereocenters. The Labute approximate surface area is 168 Å². The summed E-state index contributed by atoms with van der Waals surface area (Å²) >= 11 is 0. The van der Waals surface area contributed by atoms with Crippen LogP contribution in [0.15, 0.2) is 60.1 Å². The highest BCUT2D eigenvalue weighted by atomic mass is 16.5. The van der Waals surface area contributed by atoms with Crippen LogP contribution in [-0.2, 0) is 20.9 Å². The van der Waals surface area contributed by atoms with Crippen molar-refractivity contribution in [3.63, 3.8) is 0 Å². The first-order valence-electron chi connectivity index (χ1n) is 10.1. The number of aromatic nitrogens is 1. The minimum absolute atomic E-state index is 0.0413. The van der Waals surface area contributed by atoms with E-state index >= 15 is 0 Å². The van der Waals surface area contributed by atoms with Gasteiger partial charge in [0.2, 0.25) is 0 Å². The Kier molecular flexibility index (Phi) is 4.34. The lowest BCUT2D eigenvalue weighted by Gasteiger charge is -2.35. The van der Waals surface area contributed by atoms with Gasteiger partial charge in [-0.2, -0.15) is 0 Å². The number of phenolic OH excluding ortho intramolecular Hbond substituents is 1. The van der Waals surface area contributed by atoms with Crippen LogP contribution in [0, 0.1) is 5.92 Å². The van der Waals surface area contributed by atoms with Crippen molar-refractivity contribution in [2.75, 3.05) is 0 Å². The van der Waals surface area contributed by atoms with E-state index in [1.165, 1.54) is 0 Å². The fraction of sp³-hybridized carbons (Fsp3) is 0.348. The minimum Gasteiger partial charge on any atom is -0.508 e. The molecule has 0 spiro atoms. The van der Waals surface area contributed by atoms with Gasteiger partial charge in [-0.05, 0) is 54.7 Å². The van der Waals surface area contributed by atoms with Crippen LogP contribution in [0.25, 0.3) is 0 Å². The summed E-state index contributed by atoms with van der Waals surface area (Å²) < 4.78 is 6.15. The van der Waals surface area contributed by atoms with Crippen molar-refractivity contribution in [2.24, 2.45) is 5.92 Å². The molecule has 6 nitrogen and oxygen atoms in total. The molecule has 3 unspecified atom stereocenters. The van der Waals surface area contributed by atoms with Crippen molar-refractivity contribution in [2.45, 2.75) is 44.4 Å². The van der Waals surface area contributed by atoms with E-state index < -0.39 is 6.04 Å². The Morgan fingerprint density at radius 2 is 1.76 bits per heavy atom. The van der Waals surface area contributed by atoms with Gasteiger partial charge >= 0.3 is 0 Å². The minimum atomic E-state index is -0.512. The van der Waals surface area contributed by atoms with Crippen molar-refractivity contribution in [3.8, 4) is 5.75 Å². The van der Waals surface area contributed by atoms with Crippen molar-refractivity contribution in [1.82, 2.24) is 9.88 Å². The van der Waals surface area contributed by atoms with E-state index in [4.69, 9.17) is 4.74 Å². The molecule has 3 aliphatic rings. The van der Waals surface area contributed by atoms with Gasteiger partial charge in [-0.15, -0.1) is 0 Å². The first kappa shape index (κ1) is 17.9. The maximum atomic E-state index is 13.5. The second-order valence-corrected chi connectivity index (χ2v) is 7.94. The van der Waals surface area contributed by atoms with E-state index in [1.54, 1.807) is 41.6 Å². The number of pyridine rings is 1. The number of Topliss-reactive ketones (excluding diaryl/α,β-unsaturated/α-hetero) is 1. The molecule has 148 valence electrons. The van der Waals surface area contributed by atoms with Gasteiger partial charge in [0.05, 0.1) is 17.5 Å². The summed E-state index contributed by atoms with van der Waals surface area (Å²) in [4.78, 5) is 32.5. The number of carbonyl (C=O) groups excluding carboxylic acids is 2. The summed E-state index contributed by atoms with van der Waals surface area (Å²) in [7, 11) is 0. The van der Waals surface area contributed by atoms with Crippen molar-refractivity contribution in [3.05, 3.63) is 71.3 Å². The molecular weight excluding hydrogens is 368 g/mol. The molecule has 1 N–H and O–H groups in total. The molecule has 1 amide bonds. The van der Waals surface area contributed by atoms with Crippen molar-refractivity contribution < 1.29 is 19.4 Å². The molecule has 1 aromatic carbocycles. The molecule has 29 heavy (non-hydrogen) atoms. The maximum absolute atomic E-state index is 13.5. The monoisotopic (exact) mass is 390 g/mol. The van der Waals surface area contributed by atoms with Crippen LogP contribution in [0.1, 0.15) is 42.9 Å². The number of fused-ring (bicyclic) bond motifs is 1. The summed E-state index contributed by atoms with van der Waals surface area (Å²) in [6.07, 6.45) is 6.84. The Hall–Kier alpha value is -3.15. The normalized spacial score (nSPS) is 26.2. The first-order valence-corrected chi connectivity index (χ1v) is 10.1. The van der Waals surface area contributed by atoms with Gasteiger partial charge in [0, 0.05) is 18.9 Å². The van der Waals surface area contributed by atoms with Gasteiger partial charge < -0.3 is 14.7 Å². The number of carbonyl (C=O) groups is 2. The molecule has 1 saturated carbocycles. The summed E-state index contributed by atoms with van der Waals surface area (Å²) in [5.41, 5.74) is 2.20. The smallest absolute Gasteiger partial charge is 0.290 e. The Morgan fingerprint density at radius 1 is 1.03 bits per heavy atom. The third-order valence-electron chi connectivity index (χ3n) is 6.17. The number of benzene rings is 1. The third-order valence-corrected chi connectivity index (χ3v) is 6.17. The Morgan fingerprint density at radius 3 is 2.52 bits per heavy atom. The molecule has 0 radical (unpaired) electrons. The third kappa shape index (κ3) is 2.99. The van der Waals surface area contributed by atoms with E-state index in [0.717, 1.165) is 36.8 Å². The number of phenols is 1. The van der Waals surface area contributed by atoms with Crippen molar-refractivity contribution >= 4 is 11.7 Å². The van der Waals surface area contributed by atoms with Gasteiger partial charge in [-0.25, -0.2) is 0 Å². The average molecular weight is 390 g/mol. The molecule has 1 aromatic heterocycles. The highest BCUT2D eigenvalue weighted by Crippen LogP contribution is 2.47. The molecule has 1 fully saturated rings. The van der Waals surface area contributed by atoms with Crippen LogP contribution in [0.4, 0.5) is 0 Å². The molecule has 2 aromatic rings. The zero-order chi connectivity index (χ0) is 20.0. The quantitative estimate of drug-likeness (QED) is 0.870. The van der Waals surface area contributed by atoms with Gasteiger partial charge in [0.15, 0.2) is 11.5 Å². The predicted molar refractivity (Wildman–Crippen MR) is 104 cm³/mol. The number of amides is 1. The first-order chi connectivity index (χ1) is 14.1. The SMILES string of the molecule is O=C1C2=C(OC3CCCCC13)C(=O)N(Cc1ccncc1)C2c1ccc(O)cc1. The van der Waals surface area contributed by atoms with E-state index in [1.807, 2.05) is 12.1 Å². The zero-order valence-corrected chi connectivity index (χ0v) is 16.0. The number of nitrogens with zero attached hydrogens (tertiary/aromatic N) is 2. The van der Waals surface area contributed by atoms with Crippen LogP contribution >= 0.6 is 0 Å². The van der Waals surface area contributed by atoms with Gasteiger partial charge in [0.1, 0.15) is 11.9 Å². The fourth-order valence-electron chi connectivity index (χ4n) is 4.74. The van der Waals surface area contributed by atoms with Crippen molar-refractivity contribution in [1.29, 1.82) is 0 Å². The lowest BCUT2D eigenvalue weighted by atomic mass is 9.77. The predicted octanol–water partition coefficient (Wildman–Crippen LogP) is 3.28. The number of rotatable bonds is 3. The highest BCUT2D eigenvalue weighted by molar-refractivity contribution is 6.11. The molecule has 5 rings (SSSR count). The van der Waals surface area contributed by atoms with E-state index in [9.17, 15) is 14.7 Å².